The van der Waals surface area contributed by atoms with Crippen LogP contribution in [0.3, 0.4) is 0 Å². The van der Waals surface area contributed by atoms with Crippen LogP contribution in [-0.4, -0.2) is 23.5 Å². The van der Waals surface area contributed by atoms with Crippen LogP contribution < -0.4 is 20.1 Å². The summed E-state index contributed by atoms with van der Waals surface area (Å²) < 4.78 is 12.1. The van der Waals surface area contributed by atoms with Crippen molar-refractivity contribution < 1.29 is 19.1 Å². The number of hydrogen-bond acceptors (Lipinski definition) is 5. The number of fused-ring (bicyclic) bond motifs is 2. The summed E-state index contributed by atoms with van der Waals surface area (Å²) in [5, 5.41) is 4.79. The molecule has 1 aromatic carbocycles. The molecule has 1 unspecified atom stereocenters. The van der Waals surface area contributed by atoms with Crippen molar-refractivity contribution in [3.63, 3.8) is 0 Å². The van der Waals surface area contributed by atoms with Crippen LogP contribution in [0.1, 0.15) is 35.7 Å². The summed E-state index contributed by atoms with van der Waals surface area (Å²) in [5.74, 6) is 1.63. The largest absolute Gasteiger partial charge is 0.492 e. The van der Waals surface area contributed by atoms with Gasteiger partial charge in [-0.05, 0) is 43.5 Å². The number of pyridine rings is 1. The number of amides is 3. The molecule has 132 valence electrons. The quantitative estimate of drug-likeness (QED) is 0.829. The maximum atomic E-state index is 12.0. The number of carbonyl (C=O) groups is 2. The molecule has 1 saturated carbocycles. The highest BCUT2D eigenvalue weighted by Crippen LogP contribution is 2.59. The van der Waals surface area contributed by atoms with E-state index in [9.17, 15) is 9.59 Å². The molecule has 0 radical (unpaired) electrons. The number of imide groups is 1. The van der Waals surface area contributed by atoms with Gasteiger partial charge in [-0.25, -0.2) is 4.79 Å². The molecule has 3 heterocycles. The fourth-order valence-electron chi connectivity index (χ4n) is 3.70. The van der Waals surface area contributed by atoms with Gasteiger partial charge in [0.1, 0.15) is 17.2 Å². The van der Waals surface area contributed by atoms with E-state index in [0.717, 1.165) is 35.5 Å². The second-order valence-corrected chi connectivity index (χ2v) is 7.04. The lowest BCUT2D eigenvalue weighted by Crippen LogP contribution is -2.22. The van der Waals surface area contributed by atoms with E-state index in [-0.39, 0.29) is 5.41 Å². The number of rotatable bonds is 3. The molecule has 1 aromatic heterocycles. The standard InChI is InChI=1S/C19H17N3O4/c1-10-4-5-11(13-16(10)25-9-19(13)6-7-19)26-12-3-2-8-20-14(12)15-17(23)22-18(24)21-15/h2-5,8,15H,6-7,9H2,1H3,(H2,21,22,23,24). The maximum absolute atomic E-state index is 12.0. The lowest BCUT2D eigenvalue weighted by Gasteiger charge is -2.17. The molecule has 2 N–H and O–H groups in total. The molecule has 2 fully saturated rings. The number of aromatic nitrogens is 1. The molecule has 7 nitrogen and oxygen atoms in total. The predicted molar refractivity (Wildman–Crippen MR) is 91.3 cm³/mol. The van der Waals surface area contributed by atoms with E-state index in [1.807, 2.05) is 19.1 Å². The SMILES string of the molecule is Cc1ccc(Oc2cccnc2C2NC(=O)NC2=O)c2c1OCC21CC1. The molecule has 2 aromatic rings. The molecule has 1 saturated heterocycles. The van der Waals surface area contributed by atoms with Crippen LogP contribution in [0.2, 0.25) is 0 Å². The Morgan fingerprint density at radius 2 is 2.08 bits per heavy atom. The van der Waals surface area contributed by atoms with Gasteiger partial charge in [-0.3, -0.25) is 15.1 Å². The van der Waals surface area contributed by atoms with E-state index in [0.29, 0.717) is 18.1 Å². The molecule has 1 spiro atoms. The highest BCUT2D eigenvalue weighted by molar-refractivity contribution is 6.04. The van der Waals surface area contributed by atoms with Crippen molar-refractivity contribution in [3.05, 3.63) is 47.3 Å². The molecular weight excluding hydrogens is 334 g/mol. The molecule has 3 amide bonds. The topological polar surface area (TPSA) is 89.5 Å². The Balaban J connectivity index is 1.56. The summed E-state index contributed by atoms with van der Waals surface area (Å²) in [6, 6.07) is 6.01. The van der Waals surface area contributed by atoms with Crippen molar-refractivity contribution in [2.45, 2.75) is 31.2 Å². The van der Waals surface area contributed by atoms with Crippen LogP contribution in [0, 0.1) is 6.92 Å². The minimum Gasteiger partial charge on any atom is -0.492 e. The summed E-state index contributed by atoms with van der Waals surface area (Å²) >= 11 is 0. The van der Waals surface area contributed by atoms with Crippen molar-refractivity contribution in [1.29, 1.82) is 0 Å². The first-order valence-corrected chi connectivity index (χ1v) is 8.58. The summed E-state index contributed by atoms with van der Waals surface area (Å²) in [4.78, 5) is 27.8. The van der Waals surface area contributed by atoms with E-state index in [4.69, 9.17) is 9.47 Å². The first-order chi connectivity index (χ1) is 12.6. The third kappa shape index (κ3) is 2.16. The fourth-order valence-corrected chi connectivity index (χ4v) is 3.70. The highest BCUT2D eigenvalue weighted by Gasteiger charge is 2.53. The Bertz CT molecular complexity index is 952. The van der Waals surface area contributed by atoms with Gasteiger partial charge in [0, 0.05) is 17.2 Å². The van der Waals surface area contributed by atoms with Crippen molar-refractivity contribution in [3.8, 4) is 17.2 Å². The lowest BCUT2D eigenvalue weighted by atomic mass is 9.95. The van der Waals surface area contributed by atoms with Crippen molar-refractivity contribution >= 4 is 11.9 Å². The second kappa shape index (κ2) is 5.20. The minimum atomic E-state index is -0.858. The zero-order chi connectivity index (χ0) is 17.9. The molecule has 3 aliphatic rings. The number of aryl methyl sites for hydroxylation is 1. The Morgan fingerprint density at radius 3 is 2.81 bits per heavy atom. The lowest BCUT2D eigenvalue weighted by molar-refractivity contribution is -0.120. The second-order valence-electron chi connectivity index (χ2n) is 7.04. The summed E-state index contributed by atoms with van der Waals surface area (Å²) in [6.07, 6.45) is 3.74. The average Bonchev–Trinajstić information content (AvgIpc) is 3.18. The molecule has 1 aliphatic carbocycles. The van der Waals surface area contributed by atoms with Gasteiger partial charge in [0.15, 0.2) is 11.8 Å². The molecule has 2 aliphatic heterocycles. The van der Waals surface area contributed by atoms with E-state index < -0.39 is 18.0 Å². The van der Waals surface area contributed by atoms with Crippen LogP contribution in [0.15, 0.2) is 30.5 Å². The highest BCUT2D eigenvalue weighted by atomic mass is 16.5. The normalized spacial score (nSPS) is 21.8. The number of nitrogens with zero attached hydrogens (tertiary/aromatic N) is 1. The van der Waals surface area contributed by atoms with E-state index in [1.54, 1.807) is 18.3 Å². The van der Waals surface area contributed by atoms with Crippen molar-refractivity contribution in [2.75, 3.05) is 6.61 Å². The number of urea groups is 1. The van der Waals surface area contributed by atoms with Gasteiger partial charge >= 0.3 is 6.03 Å². The van der Waals surface area contributed by atoms with Gasteiger partial charge in [0.2, 0.25) is 0 Å². The summed E-state index contributed by atoms with van der Waals surface area (Å²) in [7, 11) is 0. The maximum Gasteiger partial charge on any atom is 0.322 e. The van der Waals surface area contributed by atoms with Crippen LogP contribution in [-0.2, 0) is 10.2 Å². The van der Waals surface area contributed by atoms with Gasteiger partial charge in [0.25, 0.3) is 5.91 Å². The Hall–Kier alpha value is -3.09. The van der Waals surface area contributed by atoms with Gasteiger partial charge in [0.05, 0.1) is 6.61 Å². The van der Waals surface area contributed by atoms with Gasteiger partial charge in [-0.2, -0.15) is 0 Å². The first-order valence-electron chi connectivity index (χ1n) is 8.58. The van der Waals surface area contributed by atoms with E-state index >= 15 is 0 Å². The fraction of sp³-hybridized carbons (Fsp3) is 0.316. The zero-order valence-corrected chi connectivity index (χ0v) is 14.2. The average molecular weight is 351 g/mol. The Morgan fingerprint density at radius 1 is 1.23 bits per heavy atom. The Kier molecular flexibility index (Phi) is 3.04. The third-order valence-corrected chi connectivity index (χ3v) is 5.26. The summed E-state index contributed by atoms with van der Waals surface area (Å²) in [5.41, 5.74) is 2.63. The van der Waals surface area contributed by atoms with Gasteiger partial charge in [-0.15, -0.1) is 0 Å². The van der Waals surface area contributed by atoms with Crippen LogP contribution in [0.25, 0.3) is 0 Å². The first kappa shape index (κ1) is 15.2. The van der Waals surface area contributed by atoms with Crippen LogP contribution >= 0.6 is 0 Å². The molecule has 26 heavy (non-hydrogen) atoms. The molecular formula is C19H17N3O4. The summed E-state index contributed by atoms with van der Waals surface area (Å²) in [6.45, 7) is 2.71. The van der Waals surface area contributed by atoms with Crippen molar-refractivity contribution in [2.24, 2.45) is 0 Å². The van der Waals surface area contributed by atoms with Crippen LogP contribution in [0.4, 0.5) is 4.79 Å². The molecule has 7 heteroatoms. The zero-order valence-electron chi connectivity index (χ0n) is 14.2. The van der Waals surface area contributed by atoms with Crippen LogP contribution in [0.5, 0.6) is 17.2 Å². The van der Waals surface area contributed by atoms with Gasteiger partial charge < -0.3 is 14.8 Å². The predicted octanol–water partition coefficient (Wildman–Crippen LogP) is 2.49. The smallest absolute Gasteiger partial charge is 0.322 e. The number of hydrogen-bond donors (Lipinski definition) is 2. The molecule has 0 bridgehead atoms. The van der Waals surface area contributed by atoms with Gasteiger partial charge in [-0.1, -0.05) is 6.07 Å². The number of carbonyl (C=O) groups excluding carboxylic acids is 2. The minimum absolute atomic E-state index is 0.0536. The van der Waals surface area contributed by atoms with Crippen molar-refractivity contribution in [1.82, 2.24) is 15.6 Å². The number of nitrogens with one attached hydrogen (secondary N) is 2. The third-order valence-electron chi connectivity index (χ3n) is 5.26. The molecule has 5 rings (SSSR count). The monoisotopic (exact) mass is 351 g/mol. The Labute approximate surface area is 149 Å². The number of ether oxygens (including phenoxy) is 2. The number of benzene rings is 1. The molecule has 1 atom stereocenters. The van der Waals surface area contributed by atoms with E-state index in [1.165, 1.54) is 0 Å². The van der Waals surface area contributed by atoms with E-state index in [2.05, 4.69) is 15.6 Å².